The van der Waals surface area contributed by atoms with Crippen molar-refractivity contribution < 1.29 is 13.5 Å². The summed E-state index contributed by atoms with van der Waals surface area (Å²) in [6.07, 6.45) is 5.42. The van der Waals surface area contributed by atoms with Crippen LogP contribution in [0.4, 0.5) is 14.6 Å². The average molecular weight is 440 g/mol. The molecule has 3 heterocycles. The highest BCUT2D eigenvalue weighted by atomic mass is 19.1. The van der Waals surface area contributed by atoms with Crippen LogP contribution in [0.3, 0.4) is 0 Å². The van der Waals surface area contributed by atoms with Crippen LogP contribution in [0.15, 0.2) is 37.0 Å². The maximum absolute atomic E-state index is 13.9. The minimum Gasteiger partial charge on any atom is -0.487 e. The number of aromatic nitrogens is 4. The van der Waals surface area contributed by atoms with Gasteiger partial charge in [0.1, 0.15) is 23.3 Å². The number of anilines is 1. The van der Waals surface area contributed by atoms with Crippen LogP contribution in [0.25, 0.3) is 17.5 Å². The van der Waals surface area contributed by atoms with Gasteiger partial charge in [0, 0.05) is 44.4 Å². The number of halogens is 2. The zero-order valence-electron chi connectivity index (χ0n) is 18.1. The van der Waals surface area contributed by atoms with Crippen molar-refractivity contribution in [2.75, 3.05) is 18.0 Å². The van der Waals surface area contributed by atoms with Gasteiger partial charge in [-0.1, -0.05) is 20.4 Å². The van der Waals surface area contributed by atoms with Gasteiger partial charge >= 0.3 is 0 Å². The molecule has 2 aromatic heterocycles. The third kappa shape index (κ3) is 4.99. The van der Waals surface area contributed by atoms with Crippen LogP contribution < -0.4 is 9.64 Å². The predicted octanol–water partition coefficient (Wildman–Crippen LogP) is 4.86. The molecule has 1 aliphatic heterocycles. The van der Waals surface area contributed by atoms with Crippen molar-refractivity contribution in [1.29, 1.82) is 5.41 Å². The summed E-state index contributed by atoms with van der Waals surface area (Å²) >= 11 is 0. The van der Waals surface area contributed by atoms with E-state index in [0.29, 0.717) is 54.5 Å². The van der Waals surface area contributed by atoms with E-state index >= 15 is 0 Å². The zero-order valence-corrected chi connectivity index (χ0v) is 18.1. The van der Waals surface area contributed by atoms with Gasteiger partial charge in [0.25, 0.3) is 0 Å². The fourth-order valence-corrected chi connectivity index (χ4v) is 3.43. The van der Waals surface area contributed by atoms with Crippen LogP contribution in [0.5, 0.6) is 5.75 Å². The minimum atomic E-state index is -0.706. The van der Waals surface area contributed by atoms with Crippen LogP contribution >= 0.6 is 0 Å². The van der Waals surface area contributed by atoms with Gasteiger partial charge in [0.15, 0.2) is 17.4 Å². The van der Waals surface area contributed by atoms with Gasteiger partial charge in [-0.05, 0) is 24.3 Å². The van der Waals surface area contributed by atoms with E-state index < -0.39 is 11.6 Å². The molecule has 0 atom stereocenters. The molecule has 0 saturated carbocycles. The van der Waals surface area contributed by atoms with E-state index in [1.165, 1.54) is 12.1 Å². The summed E-state index contributed by atoms with van der Waals surface area (Å²) in [5.41, 5.74) is 2.24. The largest absolute Gasteiger partial charge is 0.487 e. The number of nitrogens with one attached hydrogen (secondary N) is 2. The Morgan fingerprint density at radius 1 is 1.16 bits per heavy atom. The highest BCUT2D eigenvalue weighted by molar-refractivity contribution is 5.83. The summed E-state index contributed by atoms with van der Waals surface area (Å²) in [7, 11) is 0. The first-order chi connectivity index (χ1) is 15.6. The SMILES string of the molecule is C=Cc1nc(N2CCC(Oc3ccc(F)cc3F)CC2)c(-c2ccn[nH]2)nc1C=N.CC. The van der Waals surface area contributed by atoms with Crippen molar-refractivity contribution in [2.45, 2.75) is 32.8 Å². The number of hydrogen-bond acceptors (Lipinski definition) is 6. The molecule has 2 N–H and O–H groups in total. The smallest absolute Gasteiger partial charge is 0.167 e. The Balaban J connectivity index is 0.00000141. The maximum Gasteiger partial charge on any atom is 0.167 e. The summed E-state index contributed by atoms with van der Waals surface area (Å²) in [4.78, 5) is 11.3. The van der Waals surface area contributed by atoms with Crippen LogP contribution in [-0.2, 0) is 0 Å². The second-order valence-electron chi connectivity index (χ2n) is 6.86. The molecule has 7 nitrogen and oxygen atoms in total. The average Bonchev–Trinajstić information content (AvgIpc) is 3.37. The Morgan fingerprint density at radius 3 is 2.50 bits per heavy atom. The number of benzene rings is 1. The molecule has 0 aliphatic carbocycles. The van der Waals surface area contributed by atoms with Gasteiger partial charge in [-0.2, -0.15) is 5.10 Å². The van der Waals surface area contributed by atoms with Crippen molar-refractivity contribution in [2.24, 2.45) is 0 Å². The van der Waals surface area contributed by atoms with Crippen molar-refractivity contribution in [3.63, 3.8) is 0 Å². The summed E-state index contributed by atoms with van der Waals surface area (Å²) in [6, 6.07) is 5.10. The lowest BCUT2D eigenvalue weighted by molar-refractivity contribution is 0.163. The van der Waals surface area contributed by atoms with Crippen LogP contribution in [0, 0.1) is 17.0 Å². The molecule has 168 valence electrons. The van der Waals surface area contributed by atoms with Crippen LogP contribution in [0.1, 0.15) is 38.1 Å². The number of H-pyrrole nitrogens is 1. The first-order valence-corrected chi connectivity index (χ1v) is 10.5. The Morgan fingerprint density at radius 2 is 1.91 bits per heavy atom. The van der Waals surface area contributed by atoms with E-state index in [1.54, 1.807) is 18.3 Å². The summed E-state index contributed by atoms with van der Waals surface area (Å²) in [5, 5.41) is 14.5. The lowest BCUT2D eigenvalue weighted by Crippen LogP contribution is -2.39. The first kappa shape index (κ1) is 23.1. The van der Waals surface area contributed by atoms with Gasteiger partial charge in [0.2, 0.25) is 0 Å². The fraction of sp³-hybridized carbons (Fsp3) is 0.304. The van der Waals surface area contributed by atoms with E-state index in [2.05, 4.69) is 31.6 Å². The Kier molecular flexibility index (Phi) is 7.64. The van der Waals surface area contributed by atoms with E-state index in [9.17, 15) is 8.78 Å². The molecule has 9 heteroatoms. The quantitative estimate of drug-likeness (QED) is 0.534. The molecule has 4 rings (SSSR count). The number of nitrogens with zero attached hydrogens (tertiary/aromatic N) is 4. The van der Waals surface area contributed by atoms with Gasteiger partial charge in [0.05, 0.1) is 11.4 Å². The topological polar surface area (TPSA) is 90.8 Å². The number of ether oxygens (including phenoxy) is 1. The van der Waals surface area contributed by atoms with E-state index in [0.717, 1.165) is 12.3 Å². The Labute approximate surface area is 185 Å². The molecule has 0 bridgehead atoms. The summed E-state index contributed by atoms with van der Waals surface area (Å²) in [5.74, 6) is -0.628. The molecule has 0 unspecified atom stereocenters. The number of rotatable bonds is 6. The van der Waals surface area contributed by atoms with E-state index in [-0.39, 0.29) is 11.9 Å². The molecule has 1 fully saturated rings. The predicted molar refractivity (Wildman–Crippen MR) is 121 cm³/mol. The molecule has 3 aromatic rings. The lowest BCUT2D eigenvalue weighted by atomic mass is 10.1. The van der Waals surface area contributed by atoms with Crippen molar-refractivity contribution in [3.8, 4) is 17.1 Å². The van der Waals surface area contributed by atoms with Gasteiger partial charge in [-0.3, -0.25) is 5.10 Å². The second-order valence-corrected chi connectivity index (χ2v) is 6.86. The highest BCUT2D eigenvalue weighted by Crippen LogP contribution is 2.30. The van der Waals surface area contributed by atoms with Crippen molar-refractivity contribution in [1.82, 2.24) is 20.2 Å². The monoisotopic (exact) mass is 440 g/mol. The molecule has 0 spiro atoms. The van der Waals surface area contributed by atoms with Crippen molar-refractivity contribution >= 4 is 18.1 Å². The maximum atomic E-state index is 13.9. The molecular formula is C23H26F2N6O. The third-order valence-corrected chi connectivity index (χ3v) is 4.95. The first-order valence-electron chi connectivity index (χ1n) is 10.5. The normalized spacial score (nSPS) is 13.8. The van der Waals surface area contributed by atoms with Crippen LogP contribution in [0.2, 0.25) is 0 Å². The lowest BCUT2D eigenvalue weighted by Gasteiger charge is -2.33. The standard InChI is InChI=1S/C21H20F2N6O.C2H6/c1-2-16-18(12-24)26-20(17-5-8-25-28-17)21(27-16)29-9-6-14(7-10-29)30-19-4-3-13(22)11-15(19)23;1-2/h2-5,8,11-12,14,24H,1,6-7,9-10H2,(H,25,28);1-2H3. The third-order valence-electron chi connectivity index (χ3n) is 4.95. The van der Waals surface area contributed by atoms with Crippen LogP contribution in [-0.4, -0.2) is 45.6 Å². The number of aromatic amines is 1. The second kappa shape index (κ2) is 10.6. The van der Waals surface area contributed by atoms with E-state index in [1.807, 2.05) is 13.8 Å². The van der Waals surface area contributed by atoms with Gasteiger partial charge in [-0.15, -0.1) is 0 Å². The minimum absolute atomic E-state index is 0.0528. The van der Waals surface area contributed by atoms with Gasteiger partial charge < -0.3 is 15.0 Å². The Hall–Kier alpha value is -3.62. The molecule has 1 aliphatic rings. The summed E-state index contributed by atoms with van der Waals surface area (Å²) in [6.45, 7) is 8.99. The van der Waals surface area contributed by atoms with Gasteiger partial charge in [-0.25, -0.2) is 18.7 Å². The molecule has 1 aromatic carbocycles. The molecular weight excluding hydrogens is 414 g/mol. The fourth-order valence-electron chi connectivity index (χ4n) is 3.43. The zero-order chi connectivity index (χ0) is 23.1. The highest BCUT2D eigenvalue weighted by Gasteiger charge is 2.26. The molecule has 32 heavy (non-hydrogen) atoms. The van der Waals surface area contributed by atoms with Crippen molar-refractivity contribution in [3.05, 3.63) is 60.1 Å². The Bertz CT molecular complexity index is 1060. The summed E-state index contributed by atoms with van der Waals surface area (Å²) < 4.78 is 32.7. The molecule has 0 amide bonds. The number of piperidine rings is 1. The molecule has 0 radical (unpaired) electrons. The van der Waals surface area contributed by atoms with E-state index in [4.69, 9.17) is 10.1 Å². The molecule has 1 saturated heterocycles. The number of hydrogen-bond donors (Lipinski definition) is 2.